The summed E-state index contributed by atoms with van der Waals surface area (Å²) < 4.78 is 23.2. The zero-order valence-electron chi connectivity index (χ0n) is 23.6. The second-order valence-corrected chi connectivity index (χ2v) is 12.7. The Bertz CT molecular complexity index is 1490. The molecule has 0 radical (unpaired) electrons. The standard InChI is InChI=1S/C31H35ClFN3O5S/c1-35-16-24(23-5-3-4-6-28(23)35)30(38)34-27-14-26(33)19(11-25(27)32)12-29(37)36-15-22(42-2)13-20(36)17-41-21-9-7-18(8-10-21)31(39)40/h3-6,11,14,16,18,20-22H,7-10,12-13,15,17H2,1-2H3,(H,34,38)(H,39,40)/t18?,20-,21?,22-/m0/s1. The van der Waals surface area contributed by atoms with Crippen molar-refractivity contribution in [1.82, 2.24) is 9.47 Å². The first-order valence-corrected chi connectivity index (χ1v) is 15.8. The maximum atomic E-state index is 15.3. The second-order valence-electron chi connectivity index (χ2n) is 11.2. The number of carbonyl (C=O) groups is 3. The fraction of sp³-hybridized carbons (Fsp3) is 0.452. The molecule has 0 spiro atoms. The van der Waals surface area contributed by atoms with Gasteiger partial charge in [0.05, 0.1) is 47.4 Å². The molecule has 2 amide bonds. The molecular weight excluding hydrogens is 581 g/mol. The van der Waals surface area contributed by atoms with Gasteiger partial charge >= 0.3 is 5.97 Å². The van der Waals surface area contributed by atoms with Gasteiger partial charge in [0, 0.05) is 35.9 Å². The first-order valence-electron chi connectivity index (χ1n) is 14.1. The van der Waals surface area contributed by atoms with E-state index in [0.717, 1.165) is 23.4 Å². The van der Waals surface area contributed by atoms with E-state index >= 15 is 4.39 Å². The molecule has 1 saturated carbocycles. The van der Waals surface area contributed by atoms with E-state index in [2.05, 4.69) is 5.32 Å². The van der Waals surface area contributed by atoms with Gasteiger partial charge in [-0.05, 0) is 62.1 Å². The van der Waals surface area contributed by atoms with Crippen LogP contribution in [0.4, 0.5) is 10.1 Å². The smallest absolute Gasteiger partial charge is 0.306 e. The monoisotopic (exact) mass is 615 g/mol. The molecule has 2 aromatic carbocycles. The quantitative estimate of drug-likeness (QED) is 0.318. The molecule has 1 aromatic heterocycles. The highest BCUT2D eigenvalue weighted by Crippen LogP contribution is 2.32. The molecule has 2 N–H and O–H groups in total. The number of likely N-dealkylation sites (tertiary alicyclic amines) is 1. The van der Waals surface area contributed by atoms with Crippen LogP contribution in [0.15, 0.2) is 42.6 Å². The molecule has 5 rings (SSSR count). The lowest BCUT2D eigenvalue weighted by molar-refractivity contribution is -0.144. The van der Waals surface area contributed by atoms with Crippen LogP contribution < -0.4 is 5.32 Å². The first kappa shape index (κ1) is 30.4. The van der Waals surface area contributed by atoms with Crippen LogP contribution in [0.2, 0.25) is 5.02 Å². The van der Waals surface area contributed by atoms with Crippen molar-refractivity contribution in [3.63, 3.8) is 0 Å². The lowest BCUT2D eigenvalue weighted by atomic mass is 9.87. The summed E-state index contributed by atoms with van der Waals surface area (Å²) in [7, 11) is 1.85. The molecule has 1 aliphatic heterocycles. The number of hydrogen-bond acceptors (Lipinski definition) is 5. The number of aromatic nitrogens is 1. The topological polar surface area (TPSA) is 101 Å². The molecule has 11 heteroatoms. The Hall–Kier alpha value is -3.08. The van der Waals surface area contributed by atoms with Gasteiger partial charge in [-0.15, -0.1) is 0 Å². The summed E-state index contributed by atoms with van der Waals surface area (Å²) >= 11 is 8.16. The number of para-hydroxylation sites is 1. The third-order valence-corrected chi connectivity index (χ3v) is 9.77. The molecular formula is C31H35ClFN3O5S. The van der Waals surface area contributed by atoms with Crippen LogP contribution in [-0.4, -0.2) is 69.2 Å². The van der Waals surface area contributed by atoms with E-state index in [1.165, 1.54) is 6.07 Å². The Morgan fingerprint density at radius 1 is 1.17 bits per heavy atom. The fourth-order valence-electron chi connectivity index (χ4n) is 6.03. The van der Waals surface area contributed by atoms with Crippen molar-refractivity contribution in [2.75, 3.05) is 24.7 Å². The average Bonchev–Trinajstić information content (AvgIpc) is 3.56. The fourth-order valence-corrected chi connectivity index (χ4v) is 6.99. The van der Waals surface area contributed by atoms with E-state index < -0.39 is 17.7 Å². The third-order valence-electron chi connectivity index (χ3n) is 8.45. The van der Waals surface area contributed by atoms with E-state index in [-0.39, 0.29) is 51.9 Å². The Kier molecular flexibility index (Phi) is 9.44. The largest absolute Gasteiger partial charge is 0.481 e. The lowest BCUT2D eigenvalue weighted by Gasteiger charge is -2.30. The maximum Gasteiger partial charge on any atom is 0.306 e. The zero-order chi connectivity index (χ0) is 30.0. The normalized spacial score (nSPS) is 22.4. The van der Waals surface area contributed by atoms with Gasteiger partial charge < -0.3 is 24.6 Å². The Morgan fingerprint density at radius 3 is 2.62 bits per heavy atom. The number of benzene rings is 2. The minimum absolute atomic E-state index is 0.0150. The van der Waals surface area contributed by atoms with Crippen LogP contribution in [0.3, 0.4) is 0 Å². The second kappa shape index (κ2) is 13.1. The van der Waals surface area contributed by atoms with Crippen LogP contribution in [0, 0.1) is 11.7 Å². The Labute approximate surface area is 253 Å². The average molecular weight is 616 g/mol. The number of rotatable bonds is 9. The van der Waals surface area contributed by atoms with Crippen molar-refractivity contribution < 1.29 is 28.6 Å². The number of carboxylic acids is 1. The first-order chi connectivity index (χ1) is 20.1. The highest BCUT2D eigenvalue weighted by molar-refractivity contribution is 7.99. The summed E-state index contributed by atoms with van der Waals surface area (Å²) in [4.78, 5) is 39.5. The number of aliphatic carboxylic acids is 1. The predicted octanol–water partition coefficient (Wildman–Crippen LogP) is 5.76. The zero-order valence-corrected chi connectivity index (χ0v) is 25.2. The summed E-state index contributed by atoms with van der Waals surface area (Å²) in [6.45, 7) is 0.919. The van der Waals surface area contributed by atoms with Gasteiger partial charge in [0.2, 0.25) is 5.91 Å². The highest BCUT2D eigenvalue weighted by atomic mass is 35.5. The van der Waals surface area contributed by atoms with Gasteiger partial charge in [0.15, 0.2) is 0 Å². The van der Waals surface area contributed by atoms with Gasteiger partial charge in [-0.2, -0.15) is 11.8 Å². The van der Waals surface area contributed by atoms with E-state index in [4.69, 9.17) is 16.3 Å². The van der Waals surface area contributed by atoms with Crippen LogP contribution in [-0.2, 0) is 27.8 Å². The number of nitrogens with one attached hydrogen (secondary N) is 1. The molecule has 0 unspecified atom stereocenters. The van der Waals surface area contributed by atoms with Gasteiger partial charge in [-0.25, -0.2) is 4.39 Å². The molecule has 0 bridgehead atoms. The number of aryl methyl sites for hydroxylation is 1. The van der Waals surface area contributed by atoms with E-state index in [1.807, 2.05) is 42.1 Å². The molecule has 1 saturated heterocycles. The minimum Gasteiger partial charge on any atom is -0.481 e. The molecule has 2 atom stereocenters. The summed E-state index contributed by atoms with van der Waals surface area (Å²) in [6.07, 6.45) is 6.90. The number of amides is 2. The van der Waals surface area contributed by atoms with Crippen molar-refractivity contribution in [2.24, 2.45) is 13.0 Å². The molecule has 2 fully saturated rings. The number of hydrogen-bond donors (Lipinski definition) is 2. The van der Waals surface area contributed by atoms with Crippen LogP contribution in [0.1, 0.15) is 48.0 Å². The van der Waals surface area contributed by atoms with Crippen molar-refractivity contribution in [2.45, 2.75) is 55.9 Å². The van der Waals surface area contributed by atoms with Crippen molar-refractivity contribution in [1.29, 1.82) is 0 Å². The molecule has 2 heterocycles. The van der Waals surface area contributed by atoms with Crippen LogP contribution in [0.25, 0.3) is 10.9 Å². The Morgan fingerprint density at radius 2 is 1.90 bits per heavy atom. The van der Waals surface area contributed by atoms with E-state index in [0.29, 0.717) is 44.4 Å². The third kappa shape index (κ3) is 6.61. The predicted molar refractivity (Wildman–Crippen MR) is 163 cm³/mol. The summed E-state index contributed by atoms with van der Waals surface area (Å²) in [5.74, 6) is -2.30. The number of carboxylic acid groups (broad SMARTS) is 1. The highest BCUT2D eigenvalue weighted by Gasteiger charge is 2.36. The van der Waals surface area contributed by atoms with Gasteiger partial charge in [-0.1, -0.05) is 29.8 Å². The van der Waals surface area contributed by atoms with Gasteiger partial charge in [-0.3, -0.25) is 14.4 Å². The Balaban J connectivity index is 1.23. The summed E-state index contributed by atoms with van der Waals surface area (Å²) in [6, 6.07) is 9.94. The number of halogens is 2. The van der Waals surface area contributed by atoms with Crippen molar-refractivity contribution >= 4 is 57.7 Å². The van der Waals surface area contributed by atoms with Gasteiger partial charge in [0.1, 0.15) is 5.82 Å². The molecule has 1 aliphatic carbocycles. The SMILES string of the molecule is CS[C@H]1C[C@@H](COC2CCC(C(=O)O)CC2)N(C(=O)Cc2cc(Cl)c(NC(=O)c3cn(C)c4ccccc34)cc2F)C1. The van der Waals surface area contributed by atoms with Crippen LogP contribution >= 0.6 is 23.4 Å². The number of carbonyl (C=O) groups excluding carboxylic acids is 2. The lowest BCUT2D eigenvalue weighted by Crippen LogP contribution is -2.40. The summed E-state index contributed by atoms with van der Waals surface area (Å²) in [5, 5.41) is 13.1. The molecule has 2 aliphatic rings. The van der Waals surface area contributed by atoms with E-state index in [1.54, 1.807) is 22.9 Å². The number of anilines is 1. The van der Waals surface area contributed by atoms with Crippen molar-refractivity contribution in [3.8, 4) is 0 Å². The summed E-state index contributed by atoms with van der Waals surface area (Å²) in [5.41, 5.74) is 1.64. The number of ether oxygens (including phenoxy) is 1. The molecule has 8 nitrogen and oxygen atoms in total. The molecule has 224 valence electrons. The maximum absolute atomic E-state index is 15.3. The number of thioether (sulfide) groups is 1. The van der Waals surface area contributed by atoms with Crippen molar-refractivity contribution in [3.05, 3.63) is 64.6 Å². The van der Waals surface area contributed by atoms with Crippen LogP contribution in [0.5, 0.6) is 0 Å². The number of fused-ring (bicyclic) bond motifs is 1. The minimum atomic E-state index is -0.753. The number of nitrogens with zero attached hydrogens (tertiary/aromatic N) is 2. The molecule has 42 heavy (non-hydrogen) atoms. The van der Waals surface area contributed by atoms with E-state index in [9.17, 15) is 19.5 Å². The molecule has 3 aromatic rings. The van der Waals surface area contributed by atoms with Gasteiger partial charge in [0.25, 0.3) is 5.91 Å².